The van der Waals surface area contributed by atoms with Gasteiger partial charge < -0.3 is 10.5 Å². The summed E-state index contributed by atoms with van der Waals surface area (Å²) in [6.07, 6.45) is 1.79. The summed E-state index contributed by atoms with van der Waals surface area (Å²) in [6.45, 7) is 0.565. The van der Waals surface area contributed by atoms with Crippen molar-refractivity contribution in [3.63, 3.8) is 0 Å². The molecule has 3 aromatic rings. The average molecular weight is 282 g/mol. The van der Waals surface area contributed by atoms with Gasteiger partial charge >= 0.3 is 0 Å². The monoisotopic (exact) mass is 282 g/mol. The SMILES string of the molecule is Nc1ncc(-c2cccc(OCc3ccccc3)c2)s1. The van der Waals surface area contributed by atoms with Crippen molar-refractivity contribution in [1.82, 2.24) is 4.98 Å². The fourth-order valence-corrected chi connectivity index (χ4v) is 2.58. The van der Waals surface area contributed by atoms with Crippen molar-refractivity contribution < 1.29 is 4.74 Å². The number of anilines is 1. The smallest absolute Gasteiger partial charge is 0.180 e. The molecular formula is C16H14N2OS. The summed E-state index contributed by atoms with van der Waals surface area (Å²) in [4.78, 5) is 5.12. The van der Waals surface area contributed by atoms with Crippen LogP contribution in [0.4, 0.5) is 5.13 Å². The molecule has 0 saturated heterocycles. The zero-order valence-electron chi connectivity index (χ0n) is 10.8. The van der Waals surface area contributed by atoms with E-state index >= 15 is 0 Å². The molecule has 0 amide bonds. The number of thiazole rings is 1. The highest BCUT2D eigenvalue weighted by molar-refractivity contribution is 7.18. The number of nitrogens with two attached hydrogens (primary N) is 1. The summed E-state index contributed by atoms with van der Waals surface area (Å²) in [5.74, 6) is 0.846. The van der Waals surface area contributed by atoms with Crippen molar-refractivity contribution in [3.8, 4) is 16.2 Å². The van der Waals surface area contributed by atoms with E-state index in [0.29, 0.717) is 11.7 Å². The van der Waals surface area contributed by atoms with Gasteiger partial charge in [-0.2, -0.15) is 0 Å². The molecule has 0 atom stereocenters. The lowest BCUT2D eigenvalue weighted by Crippen LogP contribution is -1.94. The molecule has 0 fully saturated rings. The second-order valence-electron chi connectivity index (χ2n) is 4.36. The summed E-state index contributed by atoms with van der Waals surface area (Å²) in [7, 11) is 0. The quantitative estimate of drug-likeness (QED) is 0.787. The van der Waals surface area contributed by atoms with Gasteiger partial charge in [-0.15, -0.1) is 0 Å². The molecule has 0 unspecified atom stereocenters. The van der Waals surface area contributed by atoms with Crippen LogP contribution in [0, 0.1) is 0 Å². The molecule has 0 saturated carbocycles. The number of hydrogen-bond acceptors (Lipinski definition) is 4. The number of benzene rings is 2. The van der Waals surface area contributed by atoms with Gasteiger partial charge in [0.1, 0.15) is 12.4 Å². The Balaban J connectivity index is 1.75. The first-order chi connectivity index (χ1) is 9.81. The van der Waals surface area contributed by atoms with Gasteiger partial charge in [0.2, 0.25) is 0 Å². The fourth-order valence-electron chi connectivity index (χ4n) is 1.90. The molecule has 0 bridgehead atoms. The summed E-state index contributed by atoms with van der Waals surface area (Å²) in [5, 5.41) is 0.579. The Labute approximate surface area is 121 Å². The minimum absolute atomic E-state index is 0.565. The lowest BCUT2D eigenvalue weighted by Gasteiger charge is -2.07. The first-order valence-corrected chi connectivity index (χ1v) is 7.11. The van der Waals surface area contributed by atoms with E-state index in [1.807, 2.05) is 54.6 Å². The van der Waals surface area contributed by atoms with Crippen LogP contribution < -0.4 is 10.5 Å². The van der Waals surface area contributed by atoms with Crippen molar-refractivity contribution in [2.75, 3.05) is 5.73 Å². The van der Waals surface area contributed by atoms with Crippen LogP contribution in [-0.4, -0.2) is 4.98 Å². The van der Waals surface area contributed by atoms with Gasteiger partial charge in [-0.1, -0.05) is 53.8 Å². The molecule has 3 nitrogen and oxygen atoms in total. The predicted octanol–water partition coefficient (Wildman–Crippen LogP) is 3.97. The maximum absolute atomic E-state index is 5.81. The van der Waals surface area contributed by atoms with Crippen LogP contribution in [0.5, 0.6) is 5.75 Å². The normalized spacial score (nSPS) is 10.4. The molecule has 0 aliphatic carbocycles. The van der Waals surface area contributed by atoms with Gasteiger partial charge in [0.25, 0.3) is 0 Å². The minimum Gasteiger partial charge on any atom is -0.489 e. The zero-order valence-corrected chi connectivity index (χ0v) is 11.6. The number of nitrogen functional groups attached to an aromatic ring is 1. The molecule has 1 heterocycles. The maximum Gasteiger partial charge on any atom is 0.180 e. The lowest BCUT2D eigenvalue weighted by atomic mass is 10.2. The van der Waals surface area contributed by atoms with E-state index in [-0.39, 0.29) is 0 Å². The van der Waals surface area contributed by atoms with Crippen LogP contribution in [0.1, 0.15) is 5.56 Å². The van der Waals surface area contributed by atoms with E-state index in [0.717, 1.165) is 21.8 Å². The van der Waals surface area contributed by atoms with Gasteiger partial charge in [-0.05, 0) is 23.3 Å². The highest BCUT2D eigenvalue weighted by Gasteiger charge is 2.04. The zero-order chi connectivity index (χ0) is 13.8. The number of aromatic nitrogens is 1. The molecule has 0 spiro atoms. The summed E-state index contributed by atoms with van der Waals surface area (Å²) in [5.41, 5.74) is 7.89. The largest absolute Gasteiger partial charge is 0.489 e. The van der Waals surface area contributed by atoms with Crippen molar-refractivity contribution in [2.45, 2.75) is 6.61 Å². The number of ether oxygens (including phenoxy) is 1. The third-order valence-electron chi connectivity index (χ3n) is 2.89. The fraction of sp³-hybridized carbons (Fsp3) is 0.0625. The Morgan fingerprint density at radius 3 is 2.65 bits per heavy atom. The predicted molar refractivity (Wildman–Crippen MR) is 82.7 cm³/mol. The minimum atomic E-state index is 0.565. The summed E-state index contributed by atoms with van der Waals surface area (Å²) >= 11 is 1.48. The van der Waals surface area contributed by atoms with E-state index in [1.165, 1.54) is 11.3 Å². The average Bonchev–Trinajstić information content (AvgIpc) is 2.93. The van der Waals surface area contributed by atoms with Crippen LogP contribution in [0.3, 0.4) is 0 Å². The van der Waals surface area contributed by atoms with Crippen molar-refractivity contribution in [2.24, 2.45) is 0 Å². The van der Waals surface area contributed by atoms with E-state index < -0.39 is 0 Å². The van der Waals surface area contributed by atoms with Crippen LogP contribution in [0.25, 0.3) is 10.4 Å². The first-order valence-electron chi connectivity index (χ1n) is 6.30. The van der Waals surface area contributed by atoms with Crippen LogP contribution in [0.15, 0.2) is 60.8 Å². The van der Waals surface area contributed by atoms with Crippen LogP contribution in [0.2, 0.25) is 0 Å². The number of rotatable bonds is 4. The Kier molecular flexibility index (Phi) is 3.65. The van der Waals surface area contributed by atoms with Gasteiger partial charge in [-0.3, -0.25) is 0 Å². The molecular weight excluding hydrogens is 268 g/mol. The standard InChI is InChI=1S/C16H14N2OS/c17-16-18-10-15(20-16)13-7-4-8-14(9-13)19-11-12-5-2-1-3-6-12/h1-10H,11H2,(H2,17,18). The topological polar surface area (TPSA) is 48.1 Å². The summed E-state index contributed by atoms with van der Waals surface area (Å²) < 4.78 is 5.81. The van der Waals surface area contributed by atoms with Crippen molar-refractivity contribution in [3.05, 3.63) is 66.4 Å². The molecule has 0 radical (unpaired) electrons. The van der Waals surface area contributed by atoms with Crippen molar-refractivity contribution >= 4 is 16.5 Å². The molecule has 4 heteroatoms. The number of hydrogen-bond donors (Lipinski definition) is 1. The number of nitrogens with zero attached hydrogens (tertiary/aromatic N) is 1. The Morgan fingerprint density at radius 1 is 1.05 bits per heavy atom. The third-order valence-corrected chi connectivity index (χ3v) is 3.77. The molecule has 0 aliphatic heterocycles. The van der Waals surface area contributed by atoms with E-state index in [2.05, 4.69) is 4.98 Å². The van der Waals surface area contributed by atoms with Gasteiger partial charge in [-0.25, -0.2) is 4.98 Å². The van der Waals surface area contributed by atoms with E-state index in [4.69, 9.17) is 10.5 Å². The van der Waals surface area contributed by atoms with Crippen molar-refractivity contribution in [1.29, 1.82) is 0 Å². The van der Waals surface area contributed by atoms with Crippen LogP contribution in [-0.2, 0) is 6.61 Å². The molecule has 2 aromatic carbocycles. The Morgan fingerprint density at radius 2 is 1.90 bits per heavy atom. The van der Waals surface area contributed by atoms with E-state index in [9.17, 15) is 0 Å². The molecule has 20 heavy (non-hydrogen) atoms. The van der Waals surface area contributed by atoms with Gasteiger partial charge in [0.15, 0.2) is 5.13 Å². The molecule has 3 rings (SSSR count). The Bertz CT molecular complexity index is 694. The molecule has 0 aliphatic rings. The second kappa shape index (κ2) is 5.75. The highest BCUT2D eigenvalue weighted by Crippen LogP contribution is 2.29. The molecule has 2 N–H and O–H groups in total. The van der Waals surface area contributed by atoms with Gasteiger partial charge in [0.05, 0.1) is 4.88 Å². The second-order valence-corrected chi connectivity index (χ2v) is 5.43. The molecule has 100 valence electrons. The lowest BCUT2D eigenvalue weighted by molar-refractivity contribution is 0.306. The van der Waals surface area contributed by atoms with Crippen LogP contribution >= 0.6 is 11.3 Å². The third kappa shape index (κ3) is 2.97. The molecule has 1 aromatic heterocycles. The van der Waals surface area contributed by atoms with E-state index in [1.54, 1.807) is 6.20 Å². The van der Waals surface area contributed by atoms with Gasteiger partial charge in [0, 0.05) is 6.20 Å². The highest BCUT2D eigenvalue weighted by atomic mass is 32.1. The maximum atomic E-state index is 5.81. The Hall–Kier alpha value is -2.33. The first kappa shape index (κ1) is 12.7. The summed E-state index contributed by atoms with van der Waals surface area (Å²) in [6, 6.07) is 18.1.